The first-order valence-corrected chi connectivity index (χ1v) is 6.75. The average molecular weight is 322 g/mol. The molecule has 0 bridgehead atoms. The van der Waals surface area contributed by atoms with Gasteiger partial charge in [-0.1, -0.05) is 40.2 Å². The second kappa shape index (κ2) is 6.19. The van der Waals surface area contributed by atoms with Crippen molar-refractivity contribution in [3.05, 3.63) is 63.6 Å². The number of hydrogen-bond donors (Lipinski definition) is 2. The topological polar surface area (TPSA) is 55.5 Å². The monoisotopic (exact) mass is 321 g/mol. The summed E-state index contributed by atoms with van der Waals surface area (Å²) in [5, 5.41) is 10.5. The summed E-state index contributed by atoms with van der Waals surface area (Å²) in [5.74, 6) is 0.661. The second-order valence-corrected chi connectivity index (χ2v) is 5.15. The molecule has 0 aliphatic rings. The molecule has 2 aromatic rings. The highest BCUT2D eigenvalue weighted by Gasteiger charge is 2.16. The van der Waals surface area contributed by atoms with Crippen molar-refractivity contribution in [3.8, 4) is 5.75 Å². The van der Waals surface area contributed by atoms with E-state index in [1.54, 1.807) is 7.11 Å². The third-order valence-electron chi connectivity index (χ3n) is 2.99. The summed E-state index contributed by atoms with van der Waals surface area (Å²) in [5.41, 5.74) is 8.15. The van der Waals surface area contributed by atoms with Gasteiger partial charge in [-0.15, -0.1) is 0 Å². The fraction of sp³-hybridized carbons (Fsp3) is 0.200. The van der Waals surface area contributed by atoms with Gasteiger partial charge in [0, 0.05) is 16.6 Å². The molecule has 0 saturated carbocycles. The van der Waals surface area contributed by atoms with Gasteiger partial charge in [-0.3, -0.25) is 0 Å². The molecule has 4 heteroatoms. The smallest absolute Gasteiger partial charge is 0.125 e. The Morgan fingerprint density at radius 2 is 2.05 bits per heavy atom. The lowest BCUT2D eigenvalue weighted by Gasteiger charge is -2.16. The average Bonchev–Trinajstić information content (AvgIpc) is 2.46. The van der Waals surface area contributed by atoms with E-state index in [0.717, 1.165) is 21.2 Å². The van der Waals surface area contributed by atoms with Crippen molar-refractivity contribution in [2.75, 3.05) is 7.11 Å². The van der Waals surface area contributed by atoms with Gasteiger partial charge in [-0.2, -0.15) is 0 Å². The highest BCUT2D eigenvalue weighted by atomic mass is 79.9. The van der Waals surface area contributed by atoms with Crippen molar-refractivity contribution in [1.82, 2.24) is 0 Å². The van der Waals surface area contributed by atoms with Gasteiger partial charge in [0.1, 0.15) is 11.9 Å². The van der Waals surface area contributed by atoms with Crippen LogP contribution in [0.25, 0.3) is 0 Å². The van der Waals surface area contributed by atoms with Crippen LogP contribution in [0.1, 0.15) is 22.8 Å². The van der Waals surface area contributed by atoms with E-state index in [9.17, 15) is 5.11 Å². The molecular formula is C15H16BrNO2. The van der Waals surface area contributed by atoms with Crippen LogP contribution in [0.15, 0.2) is 46.9 Å². The van der Waals surface area contributed by atoms with Gasteiger partial charge in [0.15, 0.2) is 0 Å². The molecule has 0 fully saturated rings. The number of nitrogens with two attached hydrogens (primary N) is 1. The minimum Gasteiger partial charge on any atom is -0.496 e. The van der Waals surface area contributed by atoms with Crippen molar-refractivity contribution < 1.29 is 9.84 Å². The summed E-state index contributed by atoms with van der Waals surface area (Å²) in [7, 11) is 1.59. The van der Waals surface area contributed by atoms with E-state index in [4.69, 9.17) is 10.5 Å². The van der Waals surface area contributed by atoms with E-state index < -0.39 is 6.10 Å². The quantitative estimate of drug-likeness (QED) is 0.910. The maximum absolute atomic E-state index is 10.5. The number of aliphatic hydroxyl groups excluding tert-OH is 1. The number of benzene rings is 2. The van der Waals surface area contributed by atoms with Crippen LogP contribution in [0.4, 0.5) is 0 Å². The van der Waals surface area contributed by atoms with Crippen LogP contribution in [0.3, 0.4) is 0 Å². The van der Waals surface area contributed by atoms with Crippen LogP contribution in [0, 0.1) is 0 Å². The molecule has 3 nitrogen and oxygen atoms in total. The lowest BCUT2D eigenvalue weighted by molar-refractivity contribution is 0.214. The van der Waals surface area contributed by atoms with Crippen LogP contribution >= 0.6 is 15.9 Å². The number of halogens is 1. The first kappa shape index (κ1) is 14.1. The number of ether oxygens (including phenoxy) is 1. The summed E-state index contributed by atoms with van der Waals surface area (Å²) in [6, 6.07) is 13.2. The first-order chi connectivity index (χ1) is 9.15. The van der Waals surface area contributed by atoms with Gasteiger partial charge in [-0.25, -0.2) is 0 Å². The molecule has 1 unspecified atom stereocenters. The lowest BCUT2D eigenvalue weighted by Crippen LogP contribution is -2.04. The molecule has 2 rings (SSSR count). The Morgan fingerprint density at radius 3 is 2.74 bits per heavy atom. The summed E-state index contributed by atoms with van der Waals surface area (Å²) >= 11 is 3.41. The summed E-state index contributed by atoms with van der Waals surface area (Å²) < 4.78 is 6.19. The third kappa shape index (κ3) is 3.15. The van der Waals surface area contributed by atoms with E-state index in [0.29, 0.717) is 12.3 Å². The third-order valence-corrected chi connectivity index (χ3v) is 3.48. The predicted octanol–water partition coefficient (Wildman–Crippen LogP) is 3.00. The number of methoxy groups -OCH3 is 1. The predicted molar refractivity (Wildman–Crippen MR) is 79.1 cm³/mol. The molecule has 0 spiro atoms. The van der Waals surface area contributed by atoms with Crippen LogP contribution < -0.4 is 10.5 Å². The Kier molecular flexibility index (Phi) is 4.58. The molecule has 100 valence electrons. The Labute approximate surface area is 121 Å². The van der Waals surface area contributed by atoms with Crippen molar-refractivity contribution in [1.29, 1.82) is 0 Å². The summed E-state index contributed by atoms with van der Waals surface area (Å²) in [6.45, 7) is 0.455. The molecule has 0 aromatic heterocycles. The highest BCUT2D eigenvalue weighted by molar-refractivity contribution is 9.10. The molecule has 2 aromatic carbocycles. The van der Waals surface area contributed by atoms with E-state index >= 15 is 0 Å². The number of hydrogen-bond acceptors (Lipinski definition) is 3. The van der Waals surface area contributed by atoms with Gasteiger partial charge < -0.3 is 15.6 Å². The number of aliphatic hydroxyl groups is 1. The normalized spacial score (nSPS) is 12.2. The SMILES string of the molecule is COc1ccc(Br)cc1C(O)c1cccc(CN)c1. The Morgan fingerprint density at radius 1 is 1.26 bits per heavy atom. The van der Waals surface area contributed by atoms with Gasteiger partial charge in [-0.05, 0) is 29.3 Å². The molecule has 0 aliphatic carbocycles. The molecule has 0 heterocycles. The number of rotatable bonds is 4. The minimum absolute atomic E-state index is 0.455. The van der Waals surface area contributed by atoms with Crippen LogP contribution in [0.5, 0.6) is 5.75 Å². The van der Waals surface area contributed by atoms with Gasteiger partial charge in [0.05, 0.1) is 7.11 Å². The zero-order valence-electron chi connectivity index (χ0n) is 10.6. The molecule has 0 saturated heterocycles. The Hall–Kier alpha value is -1.36. The van der Waals surface area contributed by atoms with E-state index in [1.807, 2.05) is 42.5 Å². The molecule has 0 amide bonds. The van der Waals surface area contributed by atoms with Gasteiger partial charge in [0.2, 0.25) is 0 Å². The minimum atomic E-state index is -0.737. The van der Waals surface area contributed by atoms with Crippen LogP contribution in [-0.2, 0) is 6.54 Å². The maximum Gasteiger partial charge on any atom is 0.125 e. The van der Waals surface area contributed by atoms with Crippen LogP contribution in [-0.4, -0.2) is 12.2 Å². The van der Waals surface area contributed by atoms with Crippen molar-refractivity contribution in [2.24, 2.45) is 5.73 Å². The Bertz CT molecular complexity index is 572. The first-order valence-electron chi connectivity index (χ1n) is 5.96. The van der Waals surface area contributed by atoms with Crippen molar-refractivity contribution in [2.45, 2.75) is 12.6 Å². The van der Waals surface area contributed by atoms with Gasteiger partial charge in [0.25, 0.3) is 0 Å². The zero-order valence-corrected chi connectivity index (χ0v) is 12.2. The van der Waals surface area contributed by atoms with Crippen LogP contribution in [0.2, 0.25) is 0 Å². The maximum atomic E-state index is 10.5. The summed E-state index contributed by atoms with van der Waals surface area (Å²) in [6.07, 6.45) is -0.737. The molecular weight excluding hydrogens is 306 g/mol. The summed E-state index contributed by atoms with van der Waals surface area (Å²) in [4.78, 5) is 0. The second-order valence-electron chi connectivity index (χ2n) is 4.24. The van der Waals surface area contributed by atoms with E-state index in [2.05, 4.69) is 15.9 Å². The zero-order chi connectivity index (χ0) is 13.8. The van der Waals surface area contributed by atoms with Crippen molar-refractivity contribution in [3.63, 3.8) is 0 Å². The molecule has 3 N–H and O–H groups in total. The molecule has 0 aliphatic heterocycles. The lowest BCUT2D eigenvalue weighted by atomic mass is 9.99. The van der Waals surface area contributed by atoms with Crippen molar-refractivity contribution >= 4 is 15.9 Å². The highest BCUT2D eigenvalue weighted by Crippen LogP contribution is 2.32. The largest absolute Gasteiger partial charge is 0.496 e. The van der Waals surface area contributed by atoms with E-state index in [1.165, 1.54) is 0 Å². The molecule has 1 atom stereocenters. The molecule has 19 heavy (non-hydrogen) atoms. The Balaban J connectivity index is 2.42. The molecule has 0 radical (unpaired) electrons. The fourth-order valence-electron chi connectivity index (χ4n) is 1.99. The fourth-order valence-corrected chi connectivity index (χ4v) is 2.37. The van der Waals surface area contributed by atoms with Gasteiger partial charge >= 0.3 is 0 Å². The van der Waals surface area contributed by atoms with E-state index in [-0.39, 0.29) is 0 Å². The standard InChI is InChI=1S/C15H16BrNO2/c1-19-14-6-5-12(16)8-13(14)15(18)11-4-2-3-10(7-11)9-17/h2-8,15,18H,9,17H2,1H3.